The number of amidine groups is 1. The molecule has 5 N–H and O–H groups in total. The Kier molecular flexibility index (Phi) is 4.25. The number of guanidine groups is 1. The summed E-state index contributed by atoms with van der Waals surface area (Å²) in [4.78, 5) is 3.72. The largest absolute Gasteiger partial charge is 0.370 e. The molecule has 2 atom stereocenters. The van der Waals surface area contributed by atoms with E-state index in [1.807, 2.05) is 0 Å². The van der Waals surface area contributed by atoms with E-state index in [-0.39, 0.29) is 11.1 Å². The molecule has 1 aliphatic carbocycles. The molecule has 1 aliphatic rings. The highest BCUT2D eigenvalue weighted by Crippen LogP contribution is 2.32. The Bertz CT molecular complexity index is 235. The van der Waals surface area contributed by atoms with E-state index in [9.17, 15) is 0 Å². The van der Waals surface area contributed by atoms with Crippen LogP contribution in [-0.2, 0) is 0 Å². The topological polar surface area (TPSA) is 88.2 Å². The first-order chi connectivity index (χ1) is 6.58. The first-order valence-electron chi connectivity index (χ1n) is 4.92. The van der Waals surface area contributed by atoms with Crippen molar-refractivity contribution in [3.8, 4) is 0 Å². The molecule has 1 rings (SSSR count). The number of nitrogens with one attached hydrogen (secondary N) is 1. The van der Waals surface area contributed by atoms with Crippen LogP contribution in [0.5, 0.6) is 0 Å². The van der Waals surface area contributed by atoms with E-state index >= 15 is 0 Å². The maximum atomic E-state index is 7.54. The summed E-state index contributed by atoms with van der Waals surface area (Å²) in [5.41, 5.74) is 10.4. The van der Waals surface area contributed by atoms with Gasteiger partial charge in [0.2, 0.25) is 0 Å². The fourth-order valence-electron chi connectivity index (χ4n) is 1.79. The first-order valence-corrected chi connectivity index (χ1v) is 5.80. The Morgan fingerprint density at radius 2 is 2.14 bits per heavy atom. The van der Waals surface area contributed by atoms with Gasteiger partial charge in [0.25, 0.3) is 0 Å². The molecule has 1 fully saturated rings. The van der Waals surface area contributed by atoms with Crippen LogP contribution in [0.25, 0.3) is 0 Å². The smallest absolute Gasteiger partial charge is 0.193 e. The number of nitrogens with two attached hydrogens (primary N) is 2. The minimum atomic E-state index is -0.0219. The van der Waals surface area contributed by atoms with Gasteiger partial charge in [-0.15, -0.1) is 0 Å². The van der Waals surface area contributed by atoms with Crippen molar-refractivity contribution in [1.82, 2.24) is 0 Å². The molecule has 0 aromatic rings. The lowest BCUT2D eigenvalue weighted by atomic mass is 9.91. The van der Waals surface area contributed by atoms with E-state index in [2.05, 4.69) is 11.9 Å². The zero-order valence-electron chi connectivity index (χ0n) is 8.49. The fraction of sp³-hybridized carbons (Fsp3) is 0.778. The number of rotatable bonds is 1. The lowest BCUT2D eigenvalue weighted by Crippen LogP contribution is -2.24. The van der Waals surface area contributed by atoms with Crippen LogP contribution in [0.3, 0.4) is 0 Å². The SMILES string of the molecule is CC1CCCC(SC(=N)N=C(N)N)C1. The highest BCUT2D eigenvalue weighted by molar-refractivity contribution is 8.14. The maximum absolute atomic E-state index is 7.54. The summed E-state index contributed by atoms with van der Waals surface area (Å²) in [5.74, 6) is 0.750. The Morgan fingerprint density at radius 3 is 2.71 bits per heavy atom. The first kappa shape index (κ1) is 11.4. The molecule has 5 heteroatoms. The molecular formula is C9H18N4S. The third kappa shape index (κ3) is 4.00. The second-order valence-electron chi connectivity index (χ2n) is 3.85. The zero-order chi connectivity index (χ0) is 10.6. The summed E-state index contributed by atoms with van der Waals surface area (Å²) in [5, 5.41) is 8.30. The molecule has 0 aliphatic heterocycles. The van der Waals surface area contributed by atoms with Crippen molar-refractivity contribution in [2.45, 2.75) is 37.9 Å². The van der Waals surface area contributed by atoms with E-state index in [0.717, 1.165) is 5.92 Å². The summed E-state index contributed by atoms with van der Waals surface area (Å²) < 4.78 is 0. The normalized spacial score (nSPS) is 26.9. The molecule has 14 heavy (non-hydrogen) atoms. The molecule has 0 radical (unpaired) electrons. The highest BCUT2D eigenvalue weighted by Gasteiger charge is 2.20. The van der Waals surface area contributed by atoms with Crippen LogP contribution in [0.4, 0.5) is 0 Å². The van der Waals surface area contributed by atoms with Gasteiger partial charge in [-0.05, 0) is 18.8 Å². The summed E-state index contributed by atoms with van der Waals surface area (Å²) in [7, 11) is 0. The number of hydrogen-bond acceptors (Lipinski definition) is 2. The fourth-order valence-corrected chi connectivity index (χ4v) is 2.97. The van der Waals surface area contributed by atoms with Gasteiger partial charge in [0.05, 0.1) is 0 Å². The van der Waals surface area contributed by atoms with Gasteiger partial charge in [-0.3, -0.25) is 5.41 Å². The van der Waals surface area contributed by atoms with Gasteiger partial charge in [-0.1, -0.05) is 31.5 Å². The average Bonchev–Trinajstić information content (AvgIpc) is 2.01. The molecule has 0 heterocycles. The molecule has 0 bridgehead atoms. The molecule has 0 saturated heterocycles. The molecule has 0 spiro atoms. The van der Waals surface area contributed by atoms with Crippen LogP contribution in [-0.4, -0.2) is 16.4 Å². The summed E-state index contributed by atoms with van der Waals surface area (Å²) in [6.45, 7) is 2.26. The quantitative estimate of drug-likeness (QED) is 0.456. The lowest BCUT2D eigenvalue weighted by molar-refractivity contribution is 0.395. The van der Waals surface area contributed by atoms with Crippen molar-refractivity contribution >= 4 is 22.9 Å². The summed E-state index contributed by atoms with van der Waals surface area (Å²) in [6, 6.07) is 0. The third-order valence-corrected chi connectivity index (χ3v) is 3.47. The van der Waals surface area contributed by atoms with Gasteiger partial charge < -0.3 is 11.5 Å². The number of nitrogens with zero attached hydrogens (tertiary/aromatic N) is 1. The minimum Gasteiger partial charge on any atom is -0.370 e. The Labute approximate surface area is 89.0 Å². The van der Waals surface area contributed by atoms with Crippen LogP contribution in [0.1, 0.15) is 32.6 Å². The monoisotopic (exact) mass is 214 g/mol. The molecular weight excluding hydrogens is 196 g/mol. The standard InChI is InChI=1S/C9H18N4S/c1-6-3-2-4-7(5-6)14-9(12)13-8(10)11/h6-7H,2-5H2,1H3,(H5,10,11,12,13). The van der Waals surface area contributed by atoms with E-state index in [1.54, 1.807) is 0 Å². The predicted molar refractivity (Wildman–Crippen MR) is 62.5 cm³/mol. The van der Waals surface area contributed by atoms with Crippen molar-refractivity contribution in [2.75, 3.05) is 0 Å². The number of hydrogen-bond donors (Lipinski definition) is 3. The number of thioether (sulfide) groups is 1. The van der Waals surface area contributed by atoms with Gasteiger partial charge in [-0.25, -0.2) is 0 Å². The van der Waals surface area contributed by atoms with Gasteiger partial charge >= 0.3 is 0 Å². The third-order valence-electron chi connectivity index (χ3n) is 2.40. The van der Waals surface area contributed by atoms with Crippen LogP contribution < -0.4 is 11.5 Å². The summed E-state index contributed by atoms with van der Waals surface area (Å²) >= 11 is 1.49. The Morgan fingerprint density at radius 1 is 1.43 bits per heavy atom. The molecule has 4 nitrogen and oxygen atoms in total. The van der Waals surface area contributed by atoms with Crippen molar-refractivity contribution in [2.24, 2.45) is 22.4 Å². The van der Waals surface area contributed by atoms with E-state index in [1.165, 1.54) is 37.4 Å². The molecule has 0 aromatic heterocycles. The maximum Gasteiger partial charge on any atom is 0.193 e. The molecule has 80 valence electrons. The second kappa shape index (κ2) is 5.24. The number of aliphatic imine (C=N–C) groups is 1. The lowest BCUT2D eigenvalue weighted by Gasteiger charge is -2.25. The van der Waals surface area contributed by atoms with Crippen LogP contribution in [0, 0.1) is 11.3 Å². The molecule has 1 saturated carbocycles. The van der Waals surface area contributed by atoms with Crippen LogP contribution in [0.2, 0.25) is 0 Å². The van der Waals surface area contributed by atoms with Crippen LogP contribution in [0.15, 0.2) is 4.99 Å². The van der Waals surface area contributed by atoms with Gasteiger partial charge in [0.15, 0.2) is 11.1 Å². The Hall–Kier alpha value is -0.710. The van der Waals surface area contributed by atoms with Crippen molar-refractivity contribution < 1.29 is 0 Å². The molecule has 0 aromatic carbocycles. The summed E-state index contributed by atoms with van der Waals surface area (Å²) in [6.07, 6.45) is 4.92. The molecule has 0 amide bonds. The van der Waals surface area contributed by atoms with Crippen molar-refractivity contribution in [3.63, 3.8) is 0 Å². The van der Waals surface area contributed by atoms with Gasteiger partial charge in [-0.2, -0.15) is 4.99 Å². The van der Waals surface area contributed by atoms with Gasteiger partial charge in [0.1, 0.15) is 0 Å². The second-order valence-corrected chi connectivity index (χ2v) is 5.14. The average molecular weight is 214 g/mol. The molecule has 2 unspecified atom stereocenters. The minimum absolute atomic E-state index is 0.0219. The van der Waals surface area contributed by atoms with Crippen molar-refractivity contribution in [1.29, 1.82) is 5.41 Å². The Balaban J connectivity index is 2.36. The van der Waals surface area contributed by atoms with E-state index in [0.29, 0.717) is 5.25 Å². The van der Waals surface area contributed by atoms with Crippen LogP contribution >= 0.6 is 11.8 Å². The van der Waals surface area contributed by atoms with Gasteiger partial charge in [0, 0.05) is 5.25 Å². The zero-order valence-corrected chi connectivity index (χ0v) is 9.31. The van der Waals surface area contributed by atoms with Crippen molar-refractivity contribution in [3.05, 3.63) is 0 Å². The highest BCUT2D eigenvalue weighted by atomic mass is 32.2. The predicted octanol–water partition coefficient (Wildman–Crippen LogP) is 1.51. The van der Waals surface area contributed by atoms with E-state index in [4.69, 9.17) is 16.9 Å². The van der Waals surface area contributed by atoms with E-state index < -0.39 is 0 Å².